The van der Waals surface area contributed by atoms with Crippen LogP contribution in [0.25, 0.3) is 0 Å². The van der Waals surface area contributed by atoms with Gasteiger partial charge in [0.2, 0.25) is 12.1 Å². The predicted octanol–water partition coefficient (Wildman–Crippen LogP) is 0.926. The van der Waals surface area contributed by atoms with Crippen molar-refractivity contribution in [3.63, 3.8) is 0 Å². The van der Waals surface area contributed by atoms with Gasteiger partial charge in [0.05, 0.1) is 0 Å². The fourth-order valence-corrected chi connectivity index (χ4v) is 1.37. The van der Waals surface area contributed by atoms with Gasteiger partial charge < -0.3 is 5.11 Å². The van der Waals surface area contributed by atoms with Gasteiger partial charge in [0.1, 0.15) is 11.3 Å². The molecule has 0 amide bonds. The second kappa shape index (κ2) is 2.70. The van der Waals surface area contributed by atoms with Crippen LogP contribution in [-0.2, 0) is 5.60 Å². The van der Waals surface area contributed by atoms with Crippen LogP contribution in [0, 0.1) is 18.1 Å². The number of aliphatic hydroxyl groups is 1. The summed E-state index contributed by atoms with van der Waals surface area (Å²) in [7, 11) is 0. The molecule has 13 heavy (non-hydrogen) atoms. The third-order valence-electron chi connectivity index (χ3n) is 2.32. The molecule has 0 bridgehead atoms. The first kappa shape index (κ1) is 8.50. The van der Waals surface area contributed by atoms with E-state index in [1.54, 1.807) is 0 Å². The summed E-state index contributed by atoms with van der Waals surface area (Å²) in [6.45, 7) is 0. The molecular formula is C8H7F2N2O. The summed E-state index contributed by atoms with van der Waals surface area (Å²) >= 11 is 0. The Bertz CT molecular complexity index is 339. The van der Waals surface area contributed by atoms with Crippen molar-refractivity contribution >= 4 is 0 Å². The molecule has 1 saturated carbocycles. The normalized spacial score (nSPS) is 19.6. The molecule has 0 unspecified atom stereocenters. The molecule has 1 radical (unpaired) electrons. The van der Waals surface area contributed by atoms with Gasteiger partial charge in [-0.05, 0) is 19.3 Å². The Morgan fingerprint density at radius 1 is 1.31 bits per heavy atom. The average molecular weight is 185 g/mol. The molecule has 3 nitrogen and oxygen atoms in total. The lowest BCUT2D eigenvalue weighted by Crippen LogP contribution is -2.36. The van der Waals surface area contributed by atoms with Crippen LogP contribution < -0.4 is 0 Å². The monoisotopic (exact) mass is 185 g/mol. The second-order valence-electron chi connectivity index (χ2n) is 3.16. The fourth-order valence-electron chi connectivity index (χ4n) is 1.37. The maximum atomic E-state index is 13.0. The molecule has 0 aliphatic heterocycles. The van der Waals surface area contributed by atoms with E-state index >= 15 is 0 Å². The highest BCUT2D eigenvalue weighted by Gasteiger charge is 2.40. The third kappa shape index (κ3) is 1.19. The number of nitrogens with zero attached hydrogens (tertiary/aromatic N) is 2. The fraction of sp³-hybridized carbons (Fsp3) is 0.500. The van der Waals surface area contributed by atoms with Crippen LogP contribution in [0.1, 0.15) is 25.0 Å². The van der Waals surface area contributed by atoms with E-state index in [9.17, 15) is 13.9 Å². The Kier molecular flexibility index (Phi) is 1.76. The van der Waals surface area contributed by atoms with E-state index in [-0.39, 0.29) is 5.69 Å². The molecule has 0 saturated heterocycles. The smallest absolute Gasteiger partial charge is 0.253 e. The van der Waals surface area contributed by atoms with E-state index in [1.165, 1.54) is 0 Å². The van der Waals surface area contributed by atoms with Crippen LogP contribution in [0.4, 0.5) is 8.78 Å². The van der Waals surface area contributed by atoms with Crippen LogP contribution in [0.15, 0.2) is 0 Å². The van der Waals surface area contributed by atoms with E-state index in [4.69, 9.17) is 0 Å². The van der Waals surface area contributed by atoms with Gasteiger partial charge in [-0.2, -0.15) is 13.8 Å². The Morgan fingerprint density at radius 3 is 2.54 bits per heavy atom. The molecular weight excluding hydrogens is 178 g/mol. The van der Waals surface area contributed by atoms with E-state index in [0.29, 0.717) is 12.8 Å². The Balaban J connectivity index is 2.45. The second-order valence-corrected chi connectivity index (χ2v) is 3.16. The molecule has 1 N–H and O–H groups in total. The van der Waals surface area contributed by atoms with Crippen molar-refractivity contribution in [1.82, 2.24) is 9.97 Å². The lowest BCUT2D eigenvalue weighted by atomic mass is 9.77. The summed E-state index contributed by atoms with van der Waals surface area (Å²) in [6, 6.07) is 0. The summed E-state index contributed by atoms with van der Waals surface area (Å²) in [5.74, 6) is -2.42. The minimum atomic E-state index is -1.30. The van der Waals surface area contributed by atoms with Crippen molar-refractivity contribution < 1.29 is 13.9 Å². The Hall–Kier alpha value is -1.10. The zero-order valence-electron chi connectivity index (χ0n) is 6.72. The van der Waals surface area contributed by atoms with Crippen molar-refractivity contribution in [1.29, 1.82) is 0 Å². The Labute approximate surface area is 73.4 Å². The van der Waals surface area contributed by atoms with E-state index in [2.05, 4.69) is 9.97 Å². The van der Waals surface area contributed by atoms with E-state index in [1.807, 2.05) is 6.33 Å². The van der Waals surface area contributed by atoms with Crippen LogP contribution in [0.2, 0.25) is 0 Å². The molecule has 1 aliphatic rings. The van der Waals surface area contributed by atoms with Gasteiger partial charge in [-0.15, -0.1) is 0 Å². The number of rotatable bonds is 1. The summed E-state index contributed by atoms with van der Waals surface area (Å²) in [6.07, 6.45) is 3.58. The lowest BCUT2D eigenvalue weighted by molar-refractivity contribution is -0.0465. The molecule has 1 aliphatic carbocycles. The first-order chi connectivity index (χ1) is 6.13. The average Bonchev–Trinajstić information content (AvgIpc) is 2.06. The van der Waals surface area contributed by atoms with Gasteiger partial charge in [-0.1, -0.05) is 0 Å². The van der Waals surface area contributed by atoms with Crippen molar-refractivity contribution in [3.05, 3.63) is 23.8 Å². The number of aromatic nitrogens is 2. The SMILES string of the molecule is OC1(c2n[c]nc(F)c2F)CCC1. The first-order valence-electron chi connectivity index (χ1n) is 3.95. The van der Waals surface area contributed by atoms with Crippen molar-refractivity contribution in [2.24, 2.45) is 0 Å². The van der Waals surface area contributed by atoms with Gasteiger partial charge >= 0.3 is 0 Å². The van der Waals surface area contributed by atoms with E-state index < -0.39 is 17.4 Å². The minimum absolute atomic E-state index is 0.272. The van der Waals surface area contributed by atoms with Crippen molar-refractivity contribution in [2.75, 3.05) is 0 Å². The standard InChI is InChI=1S/C8H7F2N2O/c9-5-6(8(13)2-1-3-8)11-4-12-7(5)10/h13H,1-3H2. The molecule has 1 aromatic heterocycles. The molecule has 69 valence electrons. The first-order valence-corrected chi connectivity index (χ1v) is 3.95. The molecule has 0 aromatic carbocycles. The van der Waals surface area contributed by atoms with Crippen LogP contribution in [0.3, 0.4) is 0 Å². The maximum Gasteiger partial charge on any atom is 0.253 e. The van der Waals surface area contributed by atoms with Crippen LogP contribution >= 0.6 is 0 Å². The van der Waals surface area contributed by atoms with Gasteiger partial charge in [0.25, 0.3) is 5.95 Å². The molecule has 0 atom stereocenters. The molecule has 1 fully saturated rings. The zero-order valence-corrected chi connectivity index (χ0v) is 6.72. The number of hydrogen-bond acceptors (Lipinski definition) is 3. The molecule has 2 rings (SSSR count). The predicted molar refractivity (Wildman–Crippen MR) is 38.5 cm³/mol. The molecule has 1 heterocycles. The quantitative estimate of drug-likeness (QED) is 0.662. The zero-order chi connectivity index (χ0) is 9.47. The van der Waals surface area contributed by atoms with E-state index in [0.717, 1.165) is 6.42 Å². The largest absolute Gasteiger partial charge is 0.383 e. The van der Waals surface area contributed by atoms with Crippen LogP contribution in [-0.4, -0.2) is 15.1 Å². The lowest BCUT2D eigenvalue weighted by Gasteiger charge is -2.35. The number of hydrogen-bond donors (Lipinski definition) is 1. The molecule has 1 aromatic rings. The van der Waals surface area contributed by atoms with Crippen molar-refractivity contribution in [3.8, 4) is 0 Å². The Morgan fingerprint density at radius 2 is 2.00 bits per heavy atom. The van der Waals surface area contributed by atoms with Crippen molar-refractivity contribution in [2.45, 2.75) is 24.9 Å². The summed E-state index contributed by atoms with van der Waals surface area (Å²) < 4.78 is 25.6. The maximum absolute atomic E-state index is 13.0. The topological polar surface area (TPSA) is 46.0 Å². The van der Waals surface area contributed by atoms with Gasteiger partial charge in [0, 0.05) is 0 Å². The molecule has 0 spiro atoms. The highest BCUT2D eigenvalue weighted by Crippen LogP contribution is 2.40. The highest BCUT2D eigenvalue weighted by molar-refractivity contribution is 5.16. The van der Waals surface area contributed by atoms with Gasteiger partial charge in [0.15, 0.2) is 0 Å². The third-order valence-corrected chi connectivity index (χ3v) is 2.32. The number of halogens is 2. The summed E-state index contributed by atoms with van der Waals surface area (Å²) in [4.78, 5) is 6.35. The highest BCUT2D eigenvalue weighted by atomic mass is 19.2. The van der Waals surface area contributed by atoms with Gasteiger partial charge in [-0.25, -0.2) is 4.98 Å². The summed E-state index contributed by atoms with van der Waals surface area (Å²) in [5, 5.41) is 9.67. The summed E-state index contributed by atoms with van der Waals surface area (Å²) in [5.41, 5.74) is -1.57. The molecule has 5 heteroatoms. The van der Waals surface area contributed by atoms with Crippen LogP contribution in [0.5, 0.6) is 0 Å². The minimum Gasteiger partial charge on any atom is -0.383 e. The van der Waals surface area contributed by atoms with Gasteiger partial charge in [-0.3, -0.25) is 0 Å².